The van der Waals surface area contributed by atoms with Crippen molar-refractivity contribution in [3.05, 3.63) is 29.8 Å². The van der Waals surface area contributed by atoms with E-state index in [-0.39, 0.29) is 18.3 Å². The molecule has 1 rings (SSSR count). The lowest BCUT2D eigenvalue weighted by atomic mass is 10.1. The molecule has 0 atom stereocenters. The van der Waals surface area contributed by atoms with E-state index in [4.69, 9.17) is 4.74 Å². The maximum Gasteiger partial charge on any atom is 0.310 e. The van der Waals surface area contributed by atoms with E-state index in [0.717, 1.165) is 30.5 Å². The van der Waals surface area contributed by atoms with Gasteiger partial charge in [0.15, 0.2) is 0 Å². The molecule has 0 saturated carbocycles. The van der Waals surface area contributed by atoms with Crippen LogP contribution in [0, 0.1) is 0 Å². The molecule has 0 fully saturated rings. The van der Waals surface area contributed by atoms with E-state index in [2.05, 4.69) is 12.2 Å². The number of unbranched alkanes of at least 4 members (excludes halogenated alkanes) is 2. The van der Waals surface area contributed by atoms with Crippen molar-refractivity contribution in [2.45, 2.75) is 65.4 Å². The minimum Gasteiger partial charge on any atom is -0.460 e. The van der Waals surface area contributed by atoms with Crippen LogP contribution in [0.1, 0.15) is 58.9 Å². The molecule has 0 spiro atoms. The second kappa shape index (κ2) is 8.57. The number of hydrogen-bond acceptors (Lipinski definition) is 3. The molecule has 0 saturated heterocycles. The molecular weight excluding hydrogens is 278 g/mol. The van der Waals surface area contributed by atoms with Crippen LogP contribution in [0.25, 0.3) is 0 Å². The third kappa shape index (κ3) is 7.81. The van der Waals surface area contributed by atoms with Crippen LogP contribution in [0.2, 0.25) is 0 Å². The second-order valence-electron chi connectivity index (χ2n) is 6.47. The zero-order chi connectivity index (χ0) is 16.6. The number of carbonyl (C=O) groups is 2. The fourth-order valence-corrected chi connectivity index (χ4v) is 2.01. The molecule has 1 aromatic carbocycles. The maximum absolute atomic E-state index is 11.7. The van der Waals surface area contributed by atoms with Crippen LogP contribution in [0.5, 0.6) is 0 Å². The highest BCUT2D eigenvalue weighted by molar-refractivity contribution is 5.90. The highest BCUT2D eigenvalue weighted by Crippen LogP contribution is 2.14. The zero-order valence-corrected chi connectivity index (χ0v) is 14.1. The topological polar surface area (TPSA) is 55.4 Å². The van der Waals surface area contributed by atoms with Gasteiger partial charge in [-0.05, 0) is 44.9 Å². The molecule has 0 bridgehead atoms. The fourth-order valence-electron chi connectivity index (χ4n) is 2.01. The molecule has 0 aliphatic rings. The molecule has 1 aromatic rings. The Hall–Kier alpha value is -1.84. The molecule has 0 unspecified atom stereocenters. The predicted octanol–water partition coefficient (Wildman–Crippen LogP) is 4.09. The van der Waals surface area contributed by atoms with E-state index in [0.29, 0.717) is 6.42 Å². The molecule has 0 aromatic heterocycles. The summed E-state index contributed by atoms with van der Waals surface area (Å²) < 4.78 is 5.28. The van der Waals surface area contributed by atoms with Crippen LogP contribution in [-0.4, -0.2) is 17.5 Å². The Morgan fingerprint density at radius 1 is 1.09 bits per heavy atom. The Morgan fingerprint density at radius 2 is 1.73 bits per heavy atom. The molecule has 0 aliphatic carbocycles. The number of anilines is 1. The first-order valence-electron chi connectivity index (χ1n) is 7.91. The van der Waals surface area contributed by atoms with Crippen LogP contribution < -0.4 is 5.32 Å². The molecule has 4 heteroatoms. The molecule has 1 N–H and O–H groups in total. The van der Waals surface area contributed by atoms with E-state index >= 15 is 0 Å². The first-order valence-corrected chi connectivity index (χ1v) is 7.91. The SMILES string of the molecule is CCCCCC(=O)Nc1ccc(CC(=O)OC(C)(C)C)cc1. The van der Waals surface area contributed by atoms with E-state index in [1.165, 1.54) is 0 Å². The largest absolute Gasteiger partial charge is 0.460 e. The minimum atomic E-state index is -0.469. The summed E-state index contributed by atoms with van der Waals surface area (Å²) in [6.45, 7) is 7.66. The van der Waals surface area contributed by atoms with Gasteiger partial charge in [-0.1, -0.05) is 31.9 Å². The highest BCUT2D eigenvalue weighted by atomic mass is 16.6. The molecule has 22 heavy (non-hydrogen) atoms. The molecule has 122 valence electrons. The van der Waals surface area contributed by atoms with Crippen LogP contribution in [0.4, 0.5) is 5.69 Å². The number of nitrogens with one attached hydrogen (secondary N) is 1. The summed E-state index contributed by atoms with van der Waals surface area (Å²) in [5.74, 6) is -0.211. The summed E-state index contributed by atoms with van der Waals surface area (Å²) in [6.07, 6.45) is 3.88. The summed E-state index contributed by atoms with van der Waals surface area (Å²) in [7, 11) is 0. The summed E-state index contributed by atoms with van der Waals surface area (Å²) in [5.41, 5.74) is 1.16. The van der Waals surface area contributed by atoms with Gasteiger partial charge in [-0.25, -0.2) is 0 Å². The van der Waals surface area contributed by atoms with Gasteiger partial charge >= 0.3 is 5.97 Å². The van der Waals surface area contributed by atoms with Crippen molar-refractivity contribution in [1.82, 2.24) is 0 Å². The average Bonchev–Trinajstić information content (AvgIpc) is 2.39. The first kappa shape index (κ1) is 18.2. The monoisotopic (exact) mass is 305 g/mol. The molecule has 0 heterocycles. The quantitative estimate of drug-likeness (QED) is 0.610. The fraction of sp³-hybridized carbons (Fsp3) is 0.556. The van der Waals surface area contributed by atoms with Crippen molar-refractivity contribution in [3.8, 4) is 0 Å². The minimum absolute atomic E-state index is 0.0355. The van der Waals surface area contributed by atoms with Crippen LogP contribution in [-0.2, 0) is 20.7 Å². The number of carbonyl (C=O) groups excluding carboxylic acids is 2. The van der Waals surface area contributed by atoms with Gasteiger partial charge in [0.1, 0.15) is 5.60 Å². The van der Waals surface area contributed by atoms with Gasteiger partial charge in [0.2, 0.25) is 5.91 Å². The van der Waals surface area contributed by atoms with Gasteiger partial charge in [-0.3, -0.25) is 9.59 Å². The third-order valence-electron chi connectivity index (χ3n) is 3.01. The first-order chi connectivity index (χ1) is 10.3. The molecular formula is C18H27NO3. The number of rotatable bonds is 7. The van der Waals surface area contributed by atoms with Gasteiger partial charge in [-0.15, -0.1) is 0 Å². The standard InChI is InChI=1S/C18H27NO3/c1-5-6-7-8-16(20)19-15-11-9-14(10-12-15)13-17(21)22-18(2,3)4/h9-12H,5-8,13H2,1-4H3,(H,19,20). The summed E-state index contributed by atoms with van der Waals surface area (Å²) >= 11 is 0. The third-order valence-corrected chi connectivity index (χ3v) is 3.01. The Labute approximate surface area is 133 Å². The number of esters is 1. The van der Waals surface area contributed by atoms with E-state index in [9.17, 15) is 9.59 Å². The van der Waals surface area contributed by atoms with E-state index in [1.54, 1.807) is 0 Å². The lowest BCUT2D eigenvalue weighted by Crippen LogP contribution is -2.24. The van der Waals surface area contributed by atoms with Crippen molar-refractivity contribution in [1.29, 1.82) is 0 Å². The molecule has 4 nitrogen and oxygen atoms in total. The van der Waals surface area contributed by atoms with E-state index in [1.807, 2.05) is 45.0 Å². The Morgan fingerprint density at radius 3 is 2.27 bits per heavy atom. The number of amides is 1. The summed E-state index contributed by atoms with van der Waals surface area (Å²) in [6, 6.07) is 7.31. The molecule has 0 aliphatic heterocycles. The zero-order valence-electron chi connectivity index (χ0n) is 14.1. The second-order valence-corrected chi connectivity index (χ2v) is 6.47. The Balaban J connectivity index is 2.46. The maximum atomic E-state index is 11.7. The van der Waals surface area contributed by atoms with Crippen molar-refractivity contribution < 1.29 is 14.3 Å². The molecule has 0 radical (unpaired) electrons. The van der Waals surface area contributed by atoms with E-state index < -0.39 is 5.60 Å². The lowest BCUT2D eigenvalue weighted by Gasteiger charge is -2.19. The smallest absolute Gasteiger partial charge is 0.310 e. The normalized spacial score (nSPS) is 11.1. The Bertz CT molecular complexity index is 486. The number of benzene rings is 1. The van der Waals surface area contributed by atoms with Crippen molar-refractivity contribution in [2.75, 3.05) is 5.32 Å². The van der Waals surface area contributed by atoms with Crippen molar-refractivity contribution in [2.24, 2.45) is 0 Å². The van der Waals surface area contributed by atoms with Gasteiger partial charge < -0.3 is 10.1 Å². The van der Waals surface area contributed by atoms with Gasteiger partial charge in [-0.2, -0.15) is 0 Å². The van der Waals surface area contributed by atoms with Gasteiger partial charge in [0.25, 0.3) is 0 Å². The van der Waals surface area contributed by atoms with Crippen LogP contribution >= 0.6 is 0 Å². The molecule has 1 amide bonds. The lowest BCUT2D eigenvalue weighted by molar-refractivity contribution is -0.153. The number of hydrogen-bond donors (Lipinski definition) is 1. The number of ether oxygens (including phenoxy) is 1. The summed E-state index contributed by atoms with van der Waals surface area (Å²) in [4.78, 5) is 23.5. The average molecular weight is 305 g/mol. The Kier molecular flexibility index (Phi) is 7.09. The predicted molar refractivity (Wildman–Crippen MR) is 88.8 cm³/mol. The van der Waals surface area contributed by atoms with Gasteiger partial charge in [0, 0.05) is 12.1 Å². The summed E-state index contributed by atoms with van der Waals surface area (Å²) in [5, 5.41) is 2.86. The van der Waals surface area contributed by atoms with Gasteiger partial charge in [0.05, 0.1) is 6.42 Å². The van der Waals surface area contributed by atoms with Crippen molar-refractivity contribution >= 4 is 17.6 Å². The van der Waals surface area contributed by atoms with Crippen LogP contribution in [0.15, 0.2) is 24.3 Å². The van der Waals surface area contributed by atoms with Crippen molar-refractivity contribution in [3.63, 3.8) is 0 Å². The highest BCUT2D eigenvalue weighted by Gasteiger charge is 2.16. The van der Waals surface area contributed by atoms with Crippen LogP contribution in [0.3, 0.4) is 0 Å².